The minimum absolute atomic E-state index is 0.0936. The van der Waals surface area contributed by atoms with E-state index in [-0.39, 0.29) is 30.6 Å². The number of ether oxygens (including phenoxy) is 1. The lowest BCUT2D eigenvalue weighted by Crippen LogP contribution is -2.29. The summed E-state index contributed by atoms with van der Waals surface area (Å²) < 4.78 is 6.60. The Hall–Kier alpha value is -5.10. The third-order valence-electron chi connectivity index (χ3n) is 7.03. The number of pyridine rings is 1. The number of anilines is 1. The molecule has 4 aromatic heterocycles. The first-order chi connectivity index (χ1) is 20.0. The van der Waals surface area contributed by atoms with E-state index >= 15 is 0 Å². The number of hydrogen-bond donors (Lipinski definition) is 3. The molecule has 1 fully saturated rings. The predicted molar refractivity (Wildman–Crippen MR) is 152 cm³/mol. The van der Waals surface area contributed by atoms with Crippen LogP contribution in [0.5, 0.6) is 0 Å². The van der Waals surface area contributed by atoms with Gasteiger partial charge in [0.25, 0.3) is 12.4 Å². The van der Waals surface area contributed by atoms with E-state index in [4.69, 9.17) is 14.6 Å². The maximum Gasteiger partial charge on any atom is 0.290 e. The highest BCUT2D eigenvalue weighted by molar-refractivity contribution is 6.04. The summed E-state index contributed by atoms with van der Waals surface area (Å²) in [6, 6.07) is 15.2. The summed E-state index contributed by atoms with van der Waals surface area (Å²) in [7, 11) is 1.55. The van der Waals surface area contributed by atoms with Crippen LogP contribution in [-0.4, -0.2) is 79.9 Å². The molecular formula is C29H29N7O5. The molecule has 1 unspecified atom stereocenters. The molecule has 1 atom stereocenters. The molecule has 1 aliphatic heterocycles. The Morgan fingerprint density at radius 2 is 1.98 bits per heavy atom. The van der Waals surface area contributed by atoms with Crippen molar-refractivity contribution in [2.75, 3.05) is 32.1 Å². The average molecular weight is 556 g/mol. The van der Waals surface area contributed by atoms with Crippen molar-refractivity contribution in [3.63, 3.8) is 0 Å². The molecule has 1 saturated heterocycles. The molecule has 0 spiro atoms. The van der Waals surface area contributed by atoms with Crippen molar-refractivity contribution >= 4 is 40.5 Å². The van der Waals surface area contributed by atoms with Crippen molar-refractivity contribution in [3.8, 4) is 11.1 Å². The first-order valence-corrected chi connectivity index (χ1v) is 13.1. The molecule has 210 valence electrons. The standard InChI is InChI=1S/C28H27N7O3.CH2O2/c1-38-14-10-26(36)32-23-6-3-2-5-20(23)28(37)34-13-9-18(17-34)24-15-21-19(8-12-29-27(21)33-24)22-16-31-35-25(22)7-4-11-30-35;2-1-3/h2-8,11-12,15-16,18H,9-10,13-14,17H2,1H3,(H,29,33)(H,32,36);1H,(H,2,3). The number of fused-ring (bicyclic) bond motifs is 2. The maximum atomic E-state index is 13.5. The summed E-state index contributed by atoms with van der Waals surface area (Å²) in [5.74, 6) is -0.131. The van der Waals surface area contributed by atoms with Gasteiger partial charge in [-0.3, -0.25) is 14.4 Å². The predicted octanol–water partition coefficient (Wildman–Crippen LogP) is 3.58. The molecule has 5 heterocycles. The zero-order valence-electron chi connectivity index (χ0n) is 22.4. The zero-order chi connectivity index (χ0) is 28.8. The van der Waals surface area contributed by atoms with E-state index in [9.17, 15) is 9.59 Å². The number of carbonyl (C=O) groups excluding carboxylic acids is 2. The van der Waals surface area contributed by atoms with Gasteiger partial charge in [-0.2, -0.15) is 14.8 Å². The van der Waals surface area contributed by atoms with Gasteiger partial charge >= 0.3 is 0 Å². The fourth-order valence-corrected chi connectivity index (χ4v) is 5.10. The Labute approximate surface area is 235 Å². The fourth-order valence-electron chi connectivity index (χ4n) is 5.10. The highest BCUT2D eigenvalue weighted by Gasteiger charge is 2.30. The van der Waals surface area contributed by atoms with Gasteiger partial charge in [0.1, 0.15) is 5.65 Å². The van der Waals surface area contributed by atoms with Gasteiger partial charge in [0.05, 0.1) is 36.0 Å². The van der Waals surface area contributed by atoms with Gasteiger partial charge in [0, 0.05) is 55.2 Å². The topological polar surface area (TPSA) is 155 Å². The van der Waals surface area contributed by atoms with Crippen LogP contribution in [0, 0.1) is 0 Å². The van der Waals surface area contributed by atoms with Crippen molar-refractivity contribution in [3.05, 3.63) is 78.4 Å². The Morgan fingerprint density at radius 1 is 1.15 bits per heavy atom. The smallest absolute Gasteiger partial charge is 0.290 e. The average Bonchev–Trinajstić information content (AvgIpc) is 3.74. The van der Waals surface area contributed by atoms with Crippen LogP contribution in [-0.2, 0) is 14.3 Å². The second-order valence-corrected chi connectivity index (χ2v) is 9.48. The summed E-state index contributed by atoms with van der Waals surface area (Å²) in [5.41, 5.74) is 5.80. The molecule has 0 aliphatic carbocycles. The number of methoxy groups -OCH3 is 1. The van der Waals surface area contributed by atoms with Crippen LogP contribution in [0.4, 0.5) is 5.69 Å². The lowest BCUT2D eigenvalue weighted by atomic mass is 10.0. The largest absolute Gasteiger partial charge is 0.483 e. The van der Waals surface area contributed by atoms with E-state index in [2.05, 4.69) is 31.5 Å². The van der Waals surface area contributed by atoms with E-state index in [0.29, 0.717) is 30.9 Å². The molecule has 12 heteroatoms. The number of nitrogens with one attached hydrogen (secondary N) is 2. The first-order valence-electron chi connectivity index (χ1n) is 13.1. The van der Waals surface area contributed by atoms with Crippen LogP contribution in [0.25, 0.3) is 27.7 Å². The Morgan fingerprint density at radius 3 is 2.80 bits per heavy atom. The van der Waals surface area contributed by atoms with Crippen LogP contribution in [0.15, 0.2) is 67.1 Å². The minimum atomic E-state index is -0.250. The highest BCUT2D eigenvalue weighted by atomic mass is 16.5. The molecule has 3 N–H and O–H groups in total. The normalized spacial score (nSPS) is 14.6. The first kappa shape index (κ1) is 27.5. The van der Waals surface area contributed by atoms with E-state index in [1.807, 2.05) is 41.4 Å². The number of benzene rings is 1. The van der Waals surface area contributed by atoms with E-state index in [1.165, 1.54) is 0 Å². The molecule has 6 rings (SSSR count). The molecule has 0 radical (unpaired) electrons. The Balaban J connectivity index is 0.00000108. The SMILES string of the molecule is COCCC(=O)Nc1ccccc1C(=O)N1CCC(c2cc3c(-c4cnn5ncccc45)ccnc3[nH]2)C1.O=CO. The summed E-state index contributed by atoms with van der Waals surface area (Å²) in [4.78, 5) is 43.9. The number of aromatic amines is 1. The molecule has 12 nitrogen and oxygen atoms in total. The van der Waals surface area contributed by atoms with Gasteiger partial charge in [0.2, 0.25) is 5.91 Å². The van der Waals surface area contributed by atoms with Gasteiger partial charge in [-0.15, -0.1) is 0 Å². The lowest BCUT2D eigenvalue weighted by molar-refractivity contribution is -0.123. The second-order valence-electron chi connectivity index (χ2n) is 9.48. The third kappa shape index (κ3) is 5.77. The monoisotopic (exact) mass is 555 g/mol. The number of para-hydroxylation sites is 1. The maximum absolute atomic E-state index is 13.5. The number of hydrogen-bond acceptors (Lipinski definition) is 7. The van der Waals surface area contributed by atoms with Crippen LogP contribution in [0.1, 0.15) is 34.8 Å². The second kappa shape index (κ2) is 12.4. The highest BCUT2D eigenvalue weighted by Crippen LogP contribution is 2.35. The molecule has 1 aromatic carbocycles. The molecule has 1 aliphatic rings. The summed E-state index contributed by atoms with van der Waals surface area (Å²) in [6.07, 6.45) is 6.39. The number of H-pyrrole nitrogens is 1. The van der Waals surface area contributed by atoms with Gasteiger partial charge in [-0.05, 0) is 48.4 Å². The molecule has 0 saturated carbocycles. The molecule has 5 aromatic rings. The summed E-state index contributed by atoms with van der Waals surface area (Å²) in [6.45, 7) is 1.28. The van der Waals surface area contributed by atoms with Gasteiger partial charge in [-0.1, -0.05) is 12.1 Å². The molecule has 41 heavy (non-hydrogen) atoms. The minimum Gasteiger partial charge on any atom is -0.483 e. The molecule has 2 amide bonds. The van der Waals surface area contributed by atoms with E-state index in [0.717, 1.165) is 39.8 Å². The van der Waals surface area contributed by atoms with E-state index in [1.54, 1.807) is 36.3 Å². The van der Waals surface area contributed by atoms with Gasteiger partial charge in [0.15, 0.2) is 0 Å². The Kier molecular flexibility index (Phi) is 8.30. The number of amides is 2. The molecular weight excluding hydrogens is 526 g/mol. The Bertz CT molecular complexity index is 1700. The van der Waals surface area contributed by atoms with Crippen molar-refractivity contribution in [1.82, 2.24) is 29.7 Å². The van der Waals surface area contributed by atoms with Crippen LogP contribution in [0.3, 0.4) is 0 Å². The molecule has 0 bridgehead atoms. The number of carboxylic acid groups (broad SMARTS) is 1. The van der Waals surface area contributed by atoms with Crippen molar-refractivity contribution in [2.45, 2.75) is 18.8 Å². The summed E-state index contributed by atoms with van der Waals surface area (Å²) >= 11 is 0. The quantitative estimate of drug-likeness (QED) is 0.258. The third-order valence-corrected chi connectivity index (χ3v) is 7.03. The number of carbonyl (C=O) groups is 3. The van der Waals surface area contributed by atoms with Crippen molar-refractivity contribution < 1.29 is 24.2 Å². The lowest BCUT2D eigenvalue weighted by Gasteiger charge is -2.19. The van der Waals surface area contributed by atoms with Gasteiger partial charge in [-0.25, -0.2) is 4.98 Å². The number of rotatable bonds is 7. The van der Waals surface area contributed by atoms with E-state index < -0.39 is 0 Å². The van der Waals surface area contributed by atoms with Crippen LogP contribution >= 0.6 is 0 Å². The zero-order valence-corrected chi connectivity index (χ0v) is 22.4. The van der Waals surface area contributed by atoms with Crippen LogP contribution in [0.2, 0.25) is 0 Å². The van der Waals surface area contributed by atoms with Crippen molar-refractivity contribution in [2.24, 2.45) is 0 Å². The van der Waals surface area contributed by atoms with Crippen molar-refractivity contribution in [1.29, 1.82) is 0 Å². The number of aromatic nitrogens is 5. The van der Waals surface area contributed by atoms with Crippen LogP contribution < -0.4 is 5.32 Å². The summed E-state index contributed by atoms with van der Waals surface area (Å²) in [5, 5.41) is 19.4. The fraction of sp³-hybridized carbons (Fsp3) is 0.241. The number of likely N-dealkylation sites (tertiary alicyclic amines) is 1. The number of nitrogens with zero attached hydrogens (tertiary/aromatic N) is 5. The van der Waals surface area contributed by atoms with Gasteiger partial charge < -0.3 is 25.0 Å².